The van der Waals surface area contributed by atoms with E-state index in [9.17, 15) is 18.8 Å². The van der Waals surface area contributed by atoms with Gasteiger partial charge in [-0.3, -0.25) is 19.0 Å². The van der Waals surface area contributed by atoms with Gasteiger partial charge in [-0.1, -0.05) is 25.2 Å². The molecule has 2 bridgehead atoms. The van der Waals surface area contributed by atoms with Crippen LogP contribution in [0.2, 0.25) is 0 Å². The van der Waals surface area contributed by atoms with Crippen LogP contribution in [0, 0.1) is 5.92 Å². The van der Waals surface area contributed by atoms with Crippen molar-refractivity contribution in [2.75, 3.05) is 13.2 Å². The fourth-order valence-corrected chi connectivity index (χ4v) is 4.48. The van der Waals surface area contributed by atoms with E-state index in [4.69, 9.17) is 4.74 Å². The summed E-state index contributed by atoms with van der Waals surface area (Å²) in [7, 11) is 0. The van der Waals surface area contributed by atoms with E-state index in [-0.39, 0.29) is 42.5 Å². The van der Waals surface area contributed by atoms with Gasteiger partial charge in [0, 0.05) is 12.6 Å². The van der Waals surface area contributed by atoms with E-state index >= 15 is 0 Å². The van der Waals surface area contributed by atoms with Crippen molar-refractivity contribution in [1.82, 2.24) is 20.2 Å². The third-order valence-corrected chi connectivity index (χ3v) is 6.04. The molecule has 4 atom stereocenters. The van der Waals surface area contributed by atoms with Gasteiger partial charge in [0.05, 0.1) is 25.1 Å². The van der Waals surface area contributed by atoms with Crippen LogP contribution in [0.5, 0.6) is 0 Å². The molecule has 0 radical (unpaired) electrons. The summed E-state index contributed by atoms with van der Waals surface area (Å²) < 4.78 is 19.9. The molecular formula is C22H29FN4O4. The molecule has 168 valence electrons. The SMILES string of the molecule is C/C=C\C(C/C=C/F)CNC(=O)c1cc(=O)n2c(n1)C1(NC=O)CCC(OC1)C2CC. The van der Waals surface area contributed by atoms with Gasteiger partial charge >= 0.3 is 0 Å². The number of hydrogen-bond donors (Lipinski definition) is 2. The van der Waals surface area contributed by atoms with Crippen molar-refractivity contribution < 1.29 is 18.7 Å². The molecule has 0 spiro atoms. The van der Waals surface area contributed by atoms with Crippen molar-refractivity contribution in [1.29, 1.82) is 0 Å². The smallest absolute Gasteiger partial charge is 0.270 e. The van der Waals surface area contributed by atoms with E-state index in [2.05, 4.69) is 15.6 Å². The Hall–Kier alpha value is -2.81. The van der Waals surface area contributed by atoms with Gasteiger partial charge in [-0.25, -0.2) is 9.37 Å². The summed E-state index contributed by atoms with van der Waals surface area (Å²) in [5.74, 6) is -0.220. The van der Waals surface area contributed by atoms with Crippen LogP contribution in [0.4, 0.5) is 4.39 Å². The molecule has 2 N–H and O–H groups in total. The monoisotopic (exact) mass is 432 g/mol. The van der Waals surface area contributed by atoms with Crippen molar-refractivity contribution in [3.63, 3.8) is 0 Å². The number of carbonyl (C=O) groups excluding carboxylic acids is 2. The van der Waals surface area contributed by atoms with Crippen molar-refractivity contribution in [3.05, 3.63) is 52.5 Å². The largest absolute Gasteiger partial charge is 0.373 e. The van der Waals surface area contributed by atoms with Crippen LogP contribution in [0.15, 0.2) is 35.4 Å². The topological polar surface area (TPSA) is 102 Å². The first-order valence-electron chi connectivity index (χ1n) is 10.6. The molecule has 4 heterocycles. The van der Waals surface area contributed by atoms with E-state index in [0.29, 0.717) is 44.2 Å². The Morgan fingerprint density at radius 1 is 1.52 bits per heavy atom. The molecule has 31 heavy (non-hydrogen) atoms. The number of aromatic nitrogens is 2. The number of nitrogens with zero attached hydrogens (tertiary/aromatic N) is 2. The quantitative estimate of drug-likeness (QED) is 0.460. The Bertz CT molecular complexity index is 919. The van der Waals surface area contributed by atoms with Gasteiger partial charge < -0.3 is 15.4 Å². The molecule has 2 amide bonds. The van der Waals surface area contributed by atoms with E-state index < -0.39 is 11.4 Å². The second-order valence-corrected chi connectivity index (χ2v) is 7.97. The van der Waals surface area contributed by atoms with Gasteiger partial charge in [-0.15, -0.1) is 0 Å². The first-order valence-corrected chi connectivity index (χ1v) is 10.6. The van der Waals surface area contributed by atoms with Crippen LogP contribution in [0.25, 0.3) is 0 Å². The van der Waals surface area contributed by atoms with Gasteiger partial charge in [0.15, 0.2) is 0 Å². The molecule has 3 aliphatic heterocycles. The number of allylic oxidation sites excluding steroid dienone is 2. The number of carbonyl (C=O) groups is 2. The summed E-state index contributed by atoms with van der Waals surface area (Å²) in [5, 5.41) is 5.58. The first-order chi connectivity index (χ1) is 15.0. The number of rotatable bonds is 9. The number of hydrogen-bond acceptors (Lipinski definition) is 5. The predicted octanol–water partition coefficient (Wildman–Crippen LogP) is 2.12. The third-order valence-electron chi connectivity index (χ3n) is 6.04. The van der Waals surface area contributed by atoms with Crippen molar-refractivity contribution in [2.24, 2.45) is 5.92 Å². The lowest BCUT2D eigenvalue weighted by molar-refractivity contribution is -0.115. The molecule has 9 heteroatoms. The number of fused-ring (bicyclic) bond motifs is 2. The highest BCUT2D eigenvalue weighted by Gasteiger charge is 2.48. The summed E-state index contributed by atoms with van der Waals surface area (Å²) in [6.45, 7) is 4.29. The Kier molecular flexibility index (Phi) is 7.37. The molecule has 1 saturated heterocycles. The molecule has 0 saturated carbocycles. The summed E-state index contributed by atoms with van der Waals surface area (Å²) in [5.41, 5.74) is -1.30. The first kappa shape index (κ1) is 22.9. The zero-order chi connectivity index (χ0) is 22.4. The number of ether oxygens (including phenoxy) is 1. The van der Waals surface area contributed by atoms with E-state index in [0.717, 1.165) is 0 Å². The molecule has 0 aliphatic carbocycles. The van der Waals surface area contributed by atoms with Crippen LogP contribution in [0.1, 0.15) is 61.9 Å². The van der Waals surface area contributed by atoms with Crippen LogP contribution < -0.4 is 16.2 Å². The Morgan fingerprint density at radius 2 is 2.32 bits per heavy atom. The molecule has 1 aromatic rings. The Balaban J connectivity index is 1.94. The maximum Gasteiger partial charge on any atom is 0.270 e. The molecule has 1 fully saturated rings. The third kappa shape index (κ3) is 4.61. The van der Waals surface area contributed by atoms with Gasteiger partial charge in [-0.05, 0) is 38.5 Å². The van der Waals surface area contributed by atoms with Gasteiger partial charge in [-0.2, -0.15) is 0 Å². The average Bonchev–Trinajstić information content (AvgIpc) is 2.98. The minimum atomic E-state index is -0.947. The van der Waals surface area contributed by atoms with Crippen molar-refractivity contribution >= 4 is 12.3 Å². The molecule has 8 nitrogen and oxygen atoms in total. The number of nitrogens with one attached hydrogen (secondary N) is 2. The minimum Gasteiger partial charge on any atom is -0.373 e. The highest BCUT2D eigenvalue weighted by Crippen LogP contribution is 2.40. The lowest BCUT2D eigenvalue weighted by Crippen LogP contribution is -2.50. The van der Waals surface area contributed by atoms with E-state index in [1.165, 1.54) is 12.1 Å². The maximum absolute atomic E-state index is 13.1. The summed E-state index contributed by atoms with van der Waals surface area (Å²) in [6.07, 6.45) is 8.38. The van der Waals surface area contributed by atoms with Crippen LogP contribution in [-0.4, -0.2) is 41.1 Å². The summed E-state index contributed by atoms with van der Waals surface area (Å²) in [6, 6.07) is 1.02. The Morgan fingerprint density at radius 3 is 2.94 bits per heavy atom. The lowest BCUT2D eigenvalue weighted by atomic mass is 9.89. The average molecular weight is 432 g/mol. The second kappa shape index (κ2) is 10.00. The second-order valence-electron chi connectivity index (χ2n) is 7.97. The summed E-state index contributed by atoms with van der Waals surface area (Å²) >= 11 is 0. The zero-order valence-electron chi connectivity index (χ0n) is 17.8. The molecule has 3 aliphatic rings. The standard InChI is InChI=1S/C22H29FN4O4/c1-3-6-15(7-5-10-23)12-24-20(30)16-11-19(29)27-17(4-2)18-8-9-22(13-31-18,25-14-28)21(27)26-16/h3,5-6,10-11,14-15,17-18H,4,7-9,12-13H2,1-2H3,(H,24,30)(H,25,28)/b6-3-,10-5+. The molecule has 4 unspecified atom stereocenters. The van der Waals surface area contributed by atoms with Crippen molar-refractivity contribution in [3.8, 4) is 0 Å². The lowest BCUT2D eigenvalue weighted by Gasteiger charge is -2.35. The van der Waals surface area contributed by atoms with E-state index in [1.54, 1.807) is 4.57 Å². The minimum absolute atomic E-state index is 0.0104. The normalized spacial score (nSPS) is 25.9. The summed E-state index contributed by atoms with van der Waals surface area (Å²) in [4.78, 5) is 41.8. The fraction of sp³-hybridized carbons (Fsp3) is 0.545. The van der Waals surface area contributed by atoms with Crippen molar-refractivity contribution in [2.45, 2.75) is 57.2 Å². The Labute approximate surface area is 180 Å². The zero-order valence-corrected chi connectivity index (χ0v) is 17.8. The fourth-order valence-electron chi connectivity index (χ4n) is 4.48. The molecular weight excluding hydrogens is 403 g/mol. The van der Waals surface area contributed by atoms with Gasteiger partial charge in [0.2, 0.25) is 6.41 Å². The highest BCUT2D eigenvalue weighted by molar-refractivity contribution is 5.92. The van der Waals surface area contributed by atoms with Crippen LogP contribution >= 0.6 is 0 Å². The molecule has 0 aromatic carbocycles. The van der Waals surface area contributed by atoms with Gasteiger partial charge in [0.25, 0.3) is 11.5 Å². The van der Waals surface area contributed by atoms with Gasteiger partial charge in [0.1, 0.15) is 17.1 Å². The highest BCUT2D eigenvalue weighted by atomic mass is 19.1. The molecule has 4 rings (SSSR count). The van der Waals surface area contributed by atoms with E-state index in [1.807, 2.05) is 26.0 Å². The maximum atomic E-state index is 13.1. The number of amides is 2. The number of halogens is 1. The predicted molar refractivity (Wildman–Crippen MR) is 113 cm³/mol. The van der Waals surface area contributed by atoms with Crippen LogP contribution in [-0.2, 0) is 15.1 Å². The molecule has 1 aromatic heterocycles. The van der Waals surface area contributed by atoms with Crippen LogP contribution in [0.3, 0.4) is 0 Å².